The highest BCUT2D eigenvalue weighted by molar-refractivity contribution is 5.27. The standard InChI is InChI=1S/C10H13N/c1-11-10-7-9(10)8-5-3-2-4-6-8/h2-6,9-11H,7H2,1H3/t9-,10-/m1/s1. The molecule has 0 bridgehead atoms. The van der Waals surface area contributed by atoms with E-state index in [1.807, 2.05) is 7.05 Å². The lowest BCUT2D eigenvalue weighted by Crippen LogP contribution is -2.09. The second-order valence-electron chi connectivity index (χ2n) is 3.15. The Balaban J connectivity index is 2.09. The van der Waals surface area contributed by atoms with Gasteiger partial charge >= 0.3 is 0 Å². The molecule has 1 aliphatic carbocycles. The predicted octanol–water partition coefficient (Wildman–Crippen LogP) is 1.76. The highest BCUT2D eigenvalue weighted by Crippen LogP contribution is 2.39. The summed E-state index contributed by atoms with van der Waals surface area (Å²) in [4.78, 5) is 0. The van der Waals surface area contributed by atoms with E-state index >= 15 is 0 Å². The molecule has 2 rings (SSSR count). The summed E-state index contributed by atoms with van der Waals surface area (Å²) in [6.45, 7) is 0. The zero-order chi connectivity index (χ0) is 7.68. The normalized spacial score (nSPS) is 28.5. The van der Waals surface area contributed by atoms with Gasteiger partial charge in [-0.2, -0.15) is 0 Å². The van der Waals surface area contributed by atoms with Crippen molar-refractivity contribution in [2.45, 2.75) is 18.4 Å². The Morgan fingerprint density at radius 1 is 1.27 bits per heavy atom. The summed E-state index contributed by atoms with van der Waals surface area (Å²) >= 11 is 0. The quantitative estimate of drug-likeness (QED) is 0.672. The minimum atomic E-state index is 0.734. The second kappa shape index (κ2) is 2.67. The van der Waals surface area contributed by atoms with Crippen LogP contribution in [0.4, 0.5) is 0 Å². The summed E-state index contributed by atoms with van der Waals surface area (Å²) < 4.78 is 0. The molecule has 0 saturated heterocycles. The smallest absolute Gasteiger partial charge is 0.0140 e. The summed E-state index contributed by atoms with van der Waals surface area (Å²) in [5, 5.41) is 3.29. The summed E-state index contributed by atoms with van der Waals surface area (Å²) in [7, 11) is 2.04. The van der Waals surface area contributed by atoms with Gasteiger partial charge in [-0.05, 0) is 19.0 Å². The molecule has 0 spiro atoms. The summed E-state index contributed by atoms with van der Waals surface area (Å²) in [6, 6.07) is 11.4. The number of likely N-dealkylation sites (N-methyl/N-ethyl adjacent to an activating group) is 1. The van der Waals surface area contributed by atoms with Crippen molar-refractivity contribution < 1.29 is 0 Å². The fourth-order valence-electron chi connectivity index (χ4n) is 1.58. The largest absolute Gasteiger partial charge is 0.316 e. The summed E-state index contributed by atoms with van der Waals surface area (Å²) in [6.07, 6.45) is 1.31. The first-order chi connectivity index (χ1) is 5.42. The molecular formula is C10H13N. The molecule has 11 heavy (non-hydrogen) atoms. The van der Waals surface area contributed by atoms with Crippen molar-refractivity contribution in [3.05, 3.63) is 35.9 Å². The van der Waals surface area contributed by atoms with Gasteiger partial charge in [0.2, 0.25) is 0 Å². The third-order valence-corrected chi connectivity index (χ3v) is 2.39. The van der Waals surface area contributed by atoms with E-state index in [0.717, 1.165) is 12.0 Å². The third kappa shape index (κ3) is 1.29. The minimum absolute atomic E-state index is 0.734. The molecule has 0 heterocycles. The second-order valence-corrected chi connectivity index (χ2v) is 3.15. The number of benzene rings is 1. The van der Waals surface area contributed by atoms with Gasteiger partial charge in [0.15, 0.2) is 0 Å². The van der Waals surface area contributed by atoms with Crippen LogP contribution in [-0.4, -0.2) is 13.1 Å². The van der Waals surface area contributed by atoms with E-state index in [1.165, 1.54) is 12.0 Å². The fraction of sp³-hybridized carbons (Fsp3) is 0.400. The van der Waals surface area contributed by atoms with Gasteiger partial charge in [0, 0.05) is 12.0 Å². The van der Waals surface area contributed by atoms with Crippen LogP contribution in [0.5, 0.6) is 0 Å². The first-order valence-corrected chi connectivity index (χ1v) is 4.14. The molecule has 0 aromatic heterocycles. The molecule has 1 aliphatic rings. The molecule has 1 nitrogen and oxygen atoms in total. The first kappa shape index (κ1) is 6.86. The molecule has 1 fully saturated rings. The van der Waals surface area contributed by atoms with Crippen LogP contribution in [0.15, 0.2) is 30.3 Å². The molecule has 1 aromatic rings. The number of hydrogen-bond donors (Lipinski definition) is 1. The Hall–Kier alpha value is -0.820. The molecule has 2 atom stereocenters. The van der Waals surface area contributed by atoms with Crippen LogP contribution in [-0.2, 0) is 0 Å². The van der Waals surface area contributed by atoms with Gasteiger partial charge in [0.25, 0.3) is 0 Å². The Bertz CT molecular complexity index is 230. The molecule has 1 aromatic carbocycles. The summed E-state index contributed by atoms with van der Waals surface area (Å²) in [5.41, 5.74) is 1.48. The maximum Gasteiger partial charge on any atom is 0.0140 e. The monoisotopic (exact) mass is 147 g/mol. The lowest BCUT2D eigenvalue weighted by Gasteiger charge is -1.97. The van der Waals surface area contributed by atoms with Crippen LogP contribution in [0.1, 0.15) is 17.9 Å². The molecule has 1 N–H and O–H groups in total. The molecular weight excluding hydrogens is 134 g/mol. The molecule has 0 radical (unpaired) electrons. The zero-order valence-electron chi connectivity index (χ0n) is 6.75. The zero-order valence-corrected chi connectivity index (χ0v) is 6.75. The maximum absolute atomic E-state index is 3.29. The van der Waals surface area contributed by atoms with Gasteiger partial charge in [0.1, 0.15) is 0 Å². The lowest BCUT2D eigenvalue weighted by atomic mass is 10.1. The van der Waals surface area contributed by atoms with Crippen molar-refractivity contribution >= 4 is 0 Å². The van der Waals surface area contributed by atoms with E-state index in [2.05, 4.69) is 35.6 Å². The molecule has 1 saturated carbocycles. The predicted molar refractivity (Wildman–Crippen MR) is 46.6 cm³/mol. The third-order valence-electron chi connectivity index (χ3n) is 2.39. The summed E-state index contributed by atoms with van der Waals surface area (Å²) in [5.74, 6) is 0.779. The van der Waals surface area contributed by atoms with Crippen molar-refractivity contribution in [1.82, 2.24) is 5.32 Å². The Kier molecular flexibility index (Phi) is 1.66. The van der Waals surface area contributed by atoms with E-state index in [9.17, 15) is 0 Å². The van der Waals surface area contributed by atoms with E-state index in [-0.39, 0.29) is 0 Å². The van der Waals surface area contributed by atoms with Crippen molar-refractivity contribution in [3.8, 4) is 0 Å². The van der Waals surface area contributed by atoms with Crippen LogP contribution >= 0.6 is 0 Å². The van der Waals surface area contributed by atoms with Crippen LogP contribution in [0, 0.1) is 0 Å². The van der Waals surface area contributed by atoms with Gasteiger partial charge in [-0.3, -0.25) is 0 Å². The highest BCUT2D eigenvalue weighted by atomic mass is 14.9. The molecule has 1 heteroatoms. The van der Waals surface area contributed by atoms with Crippen LogP contribution in [0.25, 0.3) is 0 Å². The van der Waals surface area contributed by atoms with Crippen molar-refractivity contribution in [2.75, 3.05) is 7.05 Å². The Labute approximate surface area is 67.4 Å². The van der Waals surface area contributed by atoms with Crippen LogP contribution < -0.4 is 5.32 Å². The number of hydrogen-bond acceptors (Lipinski definition) is 1. The number of rotatable bonds is 2. The van der Waals surface area contributed by atoms with Crippen molar-refractivity contribution in [1.29, 1.82) is 0 Å². The van der Waals surface area contributed by atoms with Gasteiger partial charge in [-0.25, -0.2) is 0 Å². The first-order valence-electron chi connectivity index (χ1n) is 4.14. The Morgan fingerprint density at radius 3 is 2.55 bits per heavy atom. The van der Waals surface area contributed by atoms with Crippen molar-refractivity contribution in [2.24, 2.45) is 0 Å². The van der Waals surface area contributed by atoms with Gasteiger partial charge in [-0.15, -0.1) is 0 Å². The molecule has 0 aliphatic heterocycles. The molecule has 0 unspecified atom stereocenters. The maximum atomic E-state index is 3.29. The molecule has 58 valence electrons. The van der Waals surface area contributed by atoms with Gasteiger partial charge < -0.3 is 5.32 Å². The minimum Gasteiger partial charge on any atom is -0.316 e. The van der Waals surface area contributed by atoms with Gasteiger partial charge in [0.05, 0.1) is 0 Å². The average molecular weight is 147 g/mol. The van der Waals surface area contributed by atoms with Crippen LogP contribution in [0.2, 0.25) is 0 Å². The average Bonchev–Trinajstić information content (AvgIpc) is 2.85. The van der Waals surface area contributed by atoms with Crippen molar-refractivity contribution in [3.63, 3.8) is 0 Å². The lowest BCUT2D eigenvalue weighted by molar-refractivity contribution is 0.783. The van der Waals surface area contributed by atoms with E-state index in [4.69, 9.17) is 0 Å². The number of nitrogens with one attached hydrogen (secondary N) is 1. The van der Waals surface area contributed by atoms with E-state index in [0.29, 0.717) is 0 Å². The fourth-order valence-corrected chi connectivity index (χ4v) is 1.58. The molecule has 0 amide bonds. The highest BCUT2D eigenvalue weighted by Gasteiger charge is 2.36. The topological polar surface area (TPSA) is 12.0 Å². The van der Waals surface area contributed by atoms with E-state index in [1.54, 1.807) is 0 Å². The van der Waals surface area contributed by atoms with Crippen LogP contribution in [0.3, 0.4) is 0 Å². The van der Waals surface area contributed by atoms with E-state index < -0.39 is 0 Å². The van der Waals surface area contributed by atoms with Gasteiger partial charge in [-0.1, -0.05) is 30.3 Å². The SMILES string of the molecule is CN[C@@H]1C[C@@H]1c1ccccc1. The Morgan fingerprint density at radius 2 is 2.00 bits per heavy atom.